The molecule has 0 saturated heterocycles. The Morgan fingerprint density at radius 1 is 1.56 bits per heavy atom. The third-order valence-electron chi connectivity index (χ3n) is 0.580. The molecule has 0 amide bonds. The number of halogens is 2. The number of hydrogen-bond acceptors (Lipinski definition) is 1. The van der Waals surface area contributed by atoms with Crippen molar-refractivity contribution in [1.29, 1.82) is 0 Å². The van der Waals surface area contributed by atoms with E-state index in [1.165, 1.54) is 6.20 Å². The Kier molecular flexibility index (Phi) is 9.35. The minimum atomic E-state index is 0. The molecule has 0 fully saturated rings. The minimum Gasteiger partial charge on any atom is -1.00 e. The van der Waals surface area contributed by atoms with E-state index in [0.29, 0.717) is 5.15 Å². The van der Waals surface area contributed by atoms with Gasteiger partial charge in [-0.1, -0.05) is 17.8 Å². The fraction of sp³-hybridized carbons (Fsp3) is 0. The van der Waals surface area contributed by atoms with Crippen molar-refractivity contribution in [3.05, 3.63) is 29.5 Å². The van der Waals surface area contributed by atoms with Crippen LogP contribution in [0.3, 0.4) is 0 Å². The van der Waals surface area contributed by atoms with Crippen LogP contribution >= 0.6 is 11.6 Å². The van der Waals surface area contributed by atoms with Crippen molar-refractivity contribution in [3.63, 3.8) is 0 Å². The van der Waals surface area contributed by atoms with Crippen LogP contribution in [0, 0.1) is 6.07 Å². The summed E-state index contributed by atoms with van der Waals surface area (Å²) in [5.74, 6) is 0. The van der Waals surface area contributed by atoms with E-state index in [0.717, 1.165) is 0 Å². The maximum Gasteiger partial charge on any atom is 2.00 e. The molecule has 1 aromatic rings. The normalized spacial score (nSPS) is 6.78. The summed E-state index contributed by atoms with van der Waals surface area (Å²) in [6.07, 6.45) is 1.53. The smallest absolute Gasteiger partial charge is 1.00 e. The van der Waals surface area contributed by atoms with Crippen molar-refractivity contribution in [2.45, 2.75) is 0 Å². The second-order valence-corrected chi connectivity index (χ2v) is 1.47. The van der Waals surface area contributed by atoms with Gasteiger partial charge in [0.15, 0.2) is 0 Å². The van der Waals surface area contributed by atoms with Gasteiger partial charge in [0.25, 0.3) is 0 Å². The van der Waals surface area contributed by atoms with Gasteiger partial charge < -0.3 is 17.0 Å². The summed E-state index contributed by atoms with van der Waals surface area (Å²) in [6, 6.07) is 6.14. The maximum atomic E-state index is 5.41. The number of pyridine rings is 1. The first-order valence-electron chi connectivity index (χ1n) is 1.87. The van der Waals surface area contributed by atoms with Crippen LogP contribution in [0.4, 0.5) is 0 Å². The quantitative estimate of drug-likeness (QED) is 0.282. The van der Waals surface area contributed by atoms with Crippen molar-refractivity contribution < 1.29 is 17.0 Å². The molecule has 0 bridgehead atoms. The van der Waals surface area contributed by atoms with E-state index in [9.17, 15) is 0 Å². The standard InChI is InChI=1S/C5H3ClN.BrH.Mg/c6-5-3-1-2-4-7-5;;/h1,3-4H;1H;/q-1;;+2/p-1. The molecule has 4 heteroatoms. The zero-order valence-corrected chi connectivity index (χ0v) is 8.40. The molecule has 0 N–H and O–H groups in total. The van der Waals surface area contributed by atoms with E-state index < -0.39 is 0 Å². The van der Waals surface area contributed by atoms with E-state index in [-0.39, 0.29) is 40.0 Å². The Hall–Kier alpha value is 0.686. The minimum absolute atomic E-state index is 0. The Balaban J connectivity index is 0. The van der Waals surface area contributed by atoms with Crippen molar-refractivity contribution in [1.82, 2.24) is 4.98 Å². The van der Waals surface area contributed by atoms with Gasteiger partial charge in [-0.15, -0.1) is 0 Å². The number of nitrogens with zero attached hydrogens (tertiary/aromatic N) is 1. The fourth-order valence-electron chi connectivity index (χ4n) is 0.302. The summed E-state index contributed by atoms with van der Waals surface area (Å²) in [5, 5.41) is 0.513. The fourth-order valence-corrected chi connectivity index (χ4v) is 0.414. The van der Waals surface area contributed by atoms with E-state index in [4.69, 9.17) is 11.6 Å². The summed E-state index contributed by atoms with van der Waals surface area (Å²) in [6.45, 7) is 0. The van der Waals surface area contributed by atoms with Crippen LogP contribution in [0.2, 0.25) is 5.15 Å². The summed E-state index contributed by atoms with van der Waals surface area (Å²) in [5.41, 5.74) is 0. The van der Waals surface area contributed by atoms with Crippen LogP contribution in [-0.2, 0) is 0 Å². The van der Waals surface area contributed by atoms with E-state index >= 15 is 0 Å². The molecule has 0 aromatic carbocycles. The van der Waals surface area contributed by atoms with Crippen LogP contribution in [-0.4, -0.2) is 28.0 Å². The van der Waals surface area contributed by atoms with Gasteiger partial charge in [0.1, 0.15) is 0 Å². The molecule has 1 heterocycles. The molecule has 0 spiro atoms. The summed E-state index contributed by atoms with van der Waals surface area (Å²) < 4.78 is 0. The van der Waals surface area contributed by atoms with Gasteiger partial charge >= 0.3 is 23.1 Å². The number of rotatable bonds is 0. The molecule has 44 valence electrons. The molecule has 1 rings (SSSR count). The topological polar surface area (TPSA) is 12.9 Å². The second-order valence-electron chi connectivity index (χ2n) is 1.08. The van der Waals surface area contributed by atoms with Crippen molar-refractivity contribution >= 4 is 34.7 Å². The van der Waals surface area contributed by atoms with Crippen molar-refractivity contribution in [3.8, 4) is 0 Å². The molecule has 0 aliphatic rings. The second kappa shape index (κ2) is 6.80. The molecule has 0 atom stereocenters. The molecule has 1 aromatic heterocycles. The van der Waals surface area contributed by atoms with Crippen LogP contribution in [0.5, 0.6) is 0 Å². The van der Waals surface area contributed by atoms with Gasteiger partial charge in [0, 0.05) is 5.15 Å². The summed E-state index contributed by atoms with van der Waals surface area (Å²) >= 11 is 5.41. The molecule has 0 unspecified atom stereocenters. The zero-order valence-electron chi connectivity index (χ0n) is 4.64. The first-order valence-corrected chi connectivity index (χ1v) is 2.25. The van der Waals surface area contributed by atoms with Gasteiger partial charge in [-0.25, -0.2) is 12.1 Å². The van der Waals surface area contributed by atoms with Crippen LogP contribution in [0.15, 0.2) is 18.3 Å². The number of hydrogen-bond donors (Lipinski definition) is 0. The first-order chi connectivity index (χ1) is 3.39. The zero-order chi connectivity index (χ0) is 5.11. The number of aromatic nitrogens is 1. The van der Waals surface area contributed by atoms with Gasteiger partial charge in [0.05, 0.1) is 0 Å². The molecule has 0 saturated carbocycles. The predicted molar refractivity (Wildman–Crippen MR) is 33.8 cm³/mol. The van der Waals surface area contributed by atoms with E-state index in [1.807, 2.05) is 0 Å². The Morgan fingerprint density at radius 3 is 2.44 bits per heavy atom. The Labute approximate surface area is 85.7 Å². The molecule has 0 radical (unpaired) electrons. The monoisotopic (exact) mass is 215 g/mol. The van der Waals surface area contributed by atoms with Gasteiger partial charge in [-0.3, -0.25) is 4.98 Å². The first kappa shape index (κ1) is 12.4. The third kappa shape index (κ3) is 5.15. The van der Waals surface area contributed by atoms with Gasteiger partial charge in [-0.05, 0) is 0 Å². The predicted octanol–water partition coefficient (Wildman–Crippen LogP) is -1.84. The van der Waals surface area contributed by atoms with E-state index in [2.05, 4.69) is 11.1 Å². The molecular formula is C5H3BrClMgN. The van der Waals surface area contributed by atoms with Crippen LogP contribution < -0.4 is 17.0 Å². The maximum absolute atomic E-state index is 5.41. The molecule has 0 aliphatic carbocycles. The molecular weight excluding hydrogens is 214 g/mol. The van der Waals surface area contributed by atoms with Gasteiger partial charge in [0.2, 0.25) is 0 Å². The molecule has 0 aliphatic heterocycles. The largest absolute Gasteiger partial charge is 2.00 e. The average molecular weight is 217 g/mol. The van der Waals surface area contributed by atoms with Crippen molar-refractivity contribution in [2.24, 2.45) is 0 Å². The van der Waals surface area contributed by atoms with Crippen LogP contribution in [0.25, 0.3) is 0 Å². The van der Waals surface area contributed by atoms with Crippen LogP contribution in [0.1, 0.15) is 0 Å². The molecule has 1 nitrogen and oxygen atoms in total. The molecule has 9 heavy (non-hydrogen) atoms. The Morgan fingerprint density at radius 2 is 2.22 bits per heavy atom. The Bertz CT molecular complexity index is 147. The summed E-state index contributed by atoms with van der Waals surface area (Å²) in [4.78, 5) is 3.69. The average Bonchev–Trinajstić information content (AvgIpc) is 1.69. The SMILES string of the molecule is Clc1cc[c-]cn1.[Br-].[Mg+2]. The third-order valence-corrected chi connectivity index (χ3v) is 0.803. The summed E-state index contributed by atoms with van der Waals surface area (Å²) in [7, 11) is 0. The van der Waals surface area contributed by atoms with Gasteiger partial charge in [-0.2, -0.15) is 6.07 Å². The van der Waals surface area contributed by atoms with Crippen molar-refractivity contribution in [2.75, 3.05) is 0 Å². The van der Waals surface area contributed by atoms with E-state index in [1.54, 1.807) is 12.1 Å².